The number of nitrogens with zero attached hydrogens (tertiary/aromatic N) is 3. The Balaban J connectivity index is 1.56. The Morgan fingerprint density at radius 1 is 1.25 bits per heavy atom. The summed E-state index contributed by atoms with van der Waals surface area (Å²) in [6, 6.07) is 13.6. The Bertz CT molecular complexity index is 885. The lowest BCUT2D eigenvalue weighted by Crippen LogP contribution is -2.62. The number of benzene rings is 1. The average Bonchev–Trinajstić information content (AvgIpc) is 3.05. The molecule has 1 amide bonds. The predicted molar refractivity (Wildman–Crippen MR) is 108 cm³/mol. The van der Waals surface area contributed by atoms with Gasteiger partial charge in [-0.05, 0) is 50.7 Å². The zero-order valence-electron chi connectivity index (χ0n) is 16.6. The molecule has 146 valence electrons. The highest BCUT2D eigenvalue weighted by Gasteiger charge is 2.60. The third-order valence-corrected chi connectivity index (χ3v) is 7.28. The van der Waals surface area contributed by atoms with E-state index in [1.165, 1.54) is 18.4 Å². The van der Waals surface area contributed by atoms with E-state index in [1.807, 2.05) is 6.92 Å². The second-order valence-electron chi connectivity index (χ2n) is 8.94. The van der Waals surface area contributed by atoms with E-state index in [4.69, 9.17) is 0 Å². The minimum atomic E-state index is 0.0664. The molecule has 0 radical (unpaired) electrons. The molecule has 3 fully saturated rings. The Hall–Kier alpha value is -2.27. The summed E-state index contributed by atoms with van der Waals surface area (Å²) in [5.74, 6) is 0.716. The number of aryl methyl sites for hydroxylation is 1. The normalized spacial score (nSPS) is 33.7. The maximum absolute atomic E-state index is 13.7. The van der Waals surface area contributed by atoms with Gasteiger partial charge in [0.15, 0.2) is 0 Å². The first-order chi connectivity index (χ1) is 13.6. The molecule has 0 spiro atoms. The standard InChI is InChI=1S/C23H28N4O/c1-15-24-12-11-17(25-15)22(28)27-19(13-16-7-4-3-5-8-16)18-14-23(2)20(26-18)9-6-10-21(23)27/h3-5,7-8,11-12,18-21,26H,6,9-10,13-14H2,1-2H3/t18-,19-,20-,21+,23-/m0/s1. The number of carbonyl (C=O) groups excluding carboxylic acids is 1. The van der Waals surface area contributed by atoms with Gasteiger partial charge in [0.05, 0.1) is 6.04 Å². The van der Waals surface area contributed by atoms with Crippen LogP contribution in [0.25, 0.3) is 0 Å². The zero-order chi connectivity index (χ0) is 19.3. The van der Waals surface area contributed by atoms with Crippen LogP contribution in [0.15, 0.2) is 42.6 Å². The van der Waals surface area contributed by atoms with Crippen molar-refractivity contribution in [1.82, 2.24) is 20.2 Å². The first kappa shape index (κ1) is 17.8. The molecule has 5 heteroatoms. The Kier molecular flexibility index (Phi) is 4.23. The first-order valence-electron chi connectivity index (χ1n) is 10.5. The van der Waals surface area contributed by atoms with E-state index < -0.39 is 0 Å². The zero-order valence-corrected chi connectivity index (χ0v) is 16.6. The molecule has 0 unspecified atom stereocenters. The van der Waals surface area contributed by atoms with Gasteiger partial charge in [0.25, 0.3) is 5.91 Å². The second kappa shape index (κ2) is 6.66. The third kappa shape index (κ3) is 2.75. The van der Waals surface area contributed by atoms with Gasteiger partial charge in [0.2, 0.25) is 0 Å². The molecule has 3 heterocycles. The van der Waals surface area contributed by atoms with E-state index >= 15 is 0 Å². The molecule has 3 aliphatic rings. The number of rotatable bonds is 3. The van der Waals surface area contributed by atoms with Crippen molar-refractivity contribution in [3.05, 3.63) is 59.7 Å². The molecule has 2 aromatic rings. The predicted octanol–water partition coefficient (Wildman–Crippen LogP) is 3.14. The summed E-state index contributed by atoms with van der Waals surface area (Å²) in [4.78, 5) is 24.6. The van der Waals surface area contributed by atoms with E-state index in [0.29, 0.717) is 23.6 Å². The molecule has 1 aromatic heterocycles. The number of aromatic nitrogens is 2. The summed E-state index contributed by atoms with van der Waals surface area (Å²) in [7, 11) is 0. The molecular formula is C23H28N4O. The van der Waals surface area contributed by atoms with Crippen LogP contribution >= 0.6 is 0 Å². The van der Waals surface area contributed by atoms with Crippen molar-refractivity contribution in [1.29, 1.82) is 0 Å². The largest absolute Gasteiger partial charge is 0.329 e. The monoisotopic (exact) mass is 376 g/mol. The lowest BCUT2D eigenvalue weighted by Gasteiger charge is -2.53. The lowest BCUT2D eigenvalue weighted by atomic mass is 9.64. The smallest absolute Gasteiger partial charge is 0.273 e. The number of amides is 1. The minimum absolute atomic E-state index is 0.0664. The van der Waals surface area contributed by atoms with Gasteiger partial charge in [-0.2, -0.15) is 0 Å². The summed E-state index contributed by atoms with van der Waals surface area (Å²) < 4.78 is 0. The fourth-order valence-electron chi connectivity index (χ4n) is 5.98. The van der Waals surface area contributed by atoms with Crippen LogP contribution in [0, 0.1) is 12.3 Å². The maximum atomic E-state index is 13.7. The quantitative estimate of drug-likeness (QED) is 0.894. The van der Waals surface area contributed by atoms with Crippen molar-refractivity contribution >= 4 is 5.91 Å². The van der Waals surface area contributed by atoms with E-state index in [1.54, 1.807) is 12.3 Å². The van der Waals surface area contributed by atoms with Crippen LogP contribution in [0.3, 0.4) is 0 Å². The number of piperidine rings is 1. The molecule has 1 N–H and O–H groups in total. The molecule has 1 aliphatic carbocycles. The third-order valence-electron chi connectivity index (χ3n) is 7.28. The van der Waals surface area contributed by atoms with Gasteiger partial charge in [0.1, 0.15) is 11.5 Å². The molecule has 5 nitrogen and oxygen atoms in total. The average molecular weight is 377 g/mol. The van der Waals surface area contributed by atoms with E-state index in [2.05, 4.69) is 57.4 Å². The van der Waals surface area contributed by atoms with Crippen molar-refractivity contribution in [3.63, 3.8) is 0 Å². The van der Waals surface area contributed by atoms with Crippen molar-refractivity contribution in [2.24, 2.45) is 5.41 Å². The van der Waals surface area contributed by atoms with Crippen molar-refractivity contribution in [2.45, 2.75) is 70.1 Å². The lowest BCUT2D eigenvalue weighted by molar-refractivity contribution is -0.0115. The van der Waals surface area contributed by atoms with Crippen LogP contribution in [0.5, 0.6) is 0 Å². The van der Waals surface area contributed by atoms with E-state index in [0.717, 1.165) is 19.3 Å². The van der Waals surface area contributed by atoms with Gasteiger partial charge in [-0.1, -0.05) is 37.3 Å². The summed E-state index contributed by atoms with van der Waals surface area (Å²) in [6.07, 6.45) is 7.22. The molecule has 2 aliphatic heterocycles. The molecular weight excluding hydrogens is 348 g/mol. The summed E-state index contributed by atoms with van der Waals surface area (Å²) >= 11 is 0. The number of nitrogens with one attached hydrogen (secondary N) is 1. The van der Waals surface area contributed by atoms with Crippen LogP contribution in [0.2, 0.25) is 0 Å². The molecule has 28 heavy (non-hydrogen) atoms. The number of hydrogen-bond acceptors (Lipinski definition) is 4. The van der Waals surface area contributed by atoms with Crippen LogP contribution < -0.4 is 5.32 Å². The van der Waals surface area contributed by atoms with Crippen LogP contribution in [0.1, 0.15) is 54.5 Å². The SMILES string of the molecule is Cc1nccc(C(=O)N2[C@@H](Cc3ccccc3)[C@@H]3C[C@@]4(C)[C@H](CCC[C@@H]24)N3)n1. The van der Waals surface area contributed by atoms with Gasteiger partial charge in [-0.3, -0.25) is 4.79 Å². The summed E-state index contributed by atoms with van der Waals surface area (Å²) in [5, 5.41) is 3.92. The number of likely N-dealkylation sites (tertiary alicyclic amines) is 1. The highest BCUT2D eigenvalue weighted by molar-refractivity contribution is 5.93. The van der Waals surface area contributed by atoms with Crippen LogP contribution in [-0.2, 0) is 6.42 Å². The second-order valence-corrected chi connectivity index (χ2v) is 8.94. The summed E-state index contributed by atoms with van der Waals surface area (Å²) in [6.45, 7) is 4.23. The Labute approximate surface area is 166 Å². The van der Waals surface area contributed by atoms with Crippen molar-refractivity contribution < 1.29 is 4.79 Å². The Morgan fingerprint density at radius 2 is 2.07 bits per heavy atom. The van der Waals surface area contributed by atoms with E-state index in [9.17, 15) is 4.79 Å². The number of fused-ring (bicyclic) bond motifs is 1. The summed E-state index contributed by atoms with van der Waals surface area (Å²) in [5.41, 5.74) is 1.97. The highest BCUT2D eigenvalue weighted by atomic mass is 16.2. The number of carbonyl (C=O) groups is 1. The fourth-order valence-corrected chi connectivity index (χ4v) is 5.98. The molecule has 2 bridgehead atoms. The minimum Gasteiger partial charge on any atom is -0.329 e. The highest BCUT2D eigenvalue weighted by Crippen LogP contribution is 2.52. The molecule has 1 saturated carbocycles. The van der Waals surface area contributed by atoms with Crippen molar-refractivity contribution in [3.8, 4) is 0 Å². The fraction of sp³-hybridized carbons (Fsp3) is 0.522. The van der Waals surface area contributed by atoms with Gasteiger partial charge in [0, 0.05) is 29.7 Å². The Morgan fingerprint density at radius 3 is 2.86 bits per heavy atom. The van der Waals surface area contributed by atoms with Gasteiger partial charge in [-0.15, -0.1) is 0 Å². The molecule has 1 aromatic carbocycles. The first-order valence-corrected chi connectivity index (χ1v) is 10.5. The van der Waals surface area contributed by atoms with E-state index in [-0.39, 0.29) is 23.4 Å². The number of hydrogen-bond donors (Lipinski definition) is 1. The maximum Gasteiger partial charge on any atom is 0.273 e. The van der Waals surface area contributed by atoms with Crippen LogP contribution in [0.4, 0.5) is 0 Å². The molecule has 5 rings (SSSR count). The van der Waals surface area contributed by atoms with Gasteiger partial charge in [-0.25, -0.2) is 9.97 Å². The molecule has 2 saturated heterocycles. The molecule has 5 atom stereocenters. The van der Waals surface area contributed by atoms with Crippen LogP contribution in [-0.4, -0.2) is 44.9 Å². The van der Waals surface area contributed by atoms with Crippen molar-refractivity contribution in [2.75, 3.05) is 0 Å². The topological polar surface area (TPSA) is 58.1 Å². The van der Waals surface area contributed by atoms with Gasteiger partial charge >= 0.3 is 0 Å². The van der Waals surface area contributed by atoms with Gasteiger partial charge < -0.3 is 10.2 Å².